The molecule has 4 nitrogen and oxygen atoms in total. The lowest BCUT2D eigenvalue weighted by Crippen LogP contribution is -2.37. The average molecular weight is 274 g/mol. The smallest absolute Gasteiger partial charge is 0.319 e. The zero-order chi connectivity index (χ0) is 14.5. The predicted octanol–water partition coefficient (Wildman–Crippen LogP) is 3.59. The number of carbonyl (C=O) groups excluding carboxylic acids is 2. The van der Waals surface area contributed by atoms with Gasteiger partial charge in [-0.1, -0.05) is 31.9 Å². The third-order valence-electron chi connectivity index (χ3n) is 3.67. The molecule has 2 amide bonds. The molecule has 0 spiro atoms. The summed E-state index contributed by atoms with van der Waals surface area (Å²) in [6, 6.07) is 7.04. The predicted molar refractivity (Wildman–Crippen MR) is 80.0 cm³/mol. The van der Waals surface area contributed by atoms with Gasteiger partial charge in [0.1, 0.15) is 0 Å². The molecule has 1 saturated carbocycles. The third kappa shape index (κ3) is 4.37. The van der Waals surface area contributed by atoms with Crippen LogP contribution in [-0.2, 0) is 0 Å². The number of benzene rings is 1. The van der Waals surface area contributed by atoms with E-state index < -0.39 is 0 Å². The van der Waals surface area contributed by atoms with Gasteiger partial charge in [0.05, 0.1) is 0 Å². The summed E-state index contributed by atoms with van der Waals surface area (Å²) in [5, 5.41) is 5.79. The van der Waals surface area contributed by atoms with Gasteiger partial charge in [-0.3, -0.25) is 4.79 Å². The number of urea groups is 1. The number of nitrogens with one attached hydrogen (secondary N) is 2. The van der Waals surface area contributed by atoms with Crippen LogP contribution in [0.3, 0.4) is 0 Å². The quantitative estimate of drug-likeness (QED) is 0.779. The third-order valence-corrected chi connectivity index (χ3v) is 3.67. The molecule has 2 rings (SSSR count). The van der Waals surface area contributed by atoms with E-state index in [1.165, 1.54) is 19.8 Å². The van der Waals surface area contributed by atoms with E-state index in [2.05, 4.69) is 17.6 Å². The minimum Gasteiger partial charge on any atom is -0.335 e. The Morgan fingerprint density at radius 2 is 2.10 bits per heavy atom. The first-order valence-electron chi connectivity index (χ1n) is 7.27. The Kier molecular flexibility index (Phi) is 4.77. The van der Waals surface area contributed by atoms with Gasteiger partial charge in [0, 0.05) is 17.3 Å². The molecule has 1 atom stereocenters. The molecule has 0 bridgehead atoms. The largest absolute Gasteiger partial charge is 0.335 e. The Hall–Kier alpha value is -1.84. The van der Waals surface area contributed by atoms with Gasteiger partial charge in [0.25, 0.3) is 0 Å². The molecule has 0 radical (unpaired) electrons. The van der Waals surface area contributed by atoms with E-state index in [4.69, 9.17) is 0 Å². The van der Waals surface area contributed by atoms with Crippen molar-refractivity contribution in [3.63, 3.8) is 0 Å². The second-order valence-electron chi connectivity index (χ2n) is 5.52. The van der Waals surface area contributed by atoms with Crippen LogP contribution in [0.15, 0.2) is 24.3 Å². The van der Waals surface area contributed by atoms with Crippen molar-refractivity contribution in [2.75, 3.05) is 5.32 Å². The van der Waals surface area contributed by atoms with Crippen molar-refractivity contribution < 1.29 is 9.59 Å². The van der Waals surface area contributed by atoms with E-state index in [1.54, 1.807) is 24.3 Å². The van der Waals surface area contributed by atoms with Crippen molar-refractivity contribution in [1.82, 2.24) is 5.32 Å². The van der Waals surface area contributed by atoms with Crippen LogP contribution in [0.2, 0.25) is 0 Å². The molecule has 0 aromatic heterocycles. The van der Waals surface area contributed by atoms with E-state index in [0.717, 1.165) is 18.8 Å². The maximum absolute atomic E-state index is 12.0. The first-order valence-corrected chi connectivity index (χ1v) is 7.27. The highest BCUT2D eigenvalue weighted by atomic mass is 16.2. The van der Waals surface area contributed by atoms with E-state index in [1.807, 2.05) is 0 Å². The number of hydrogen-bond donors (Lipinski definition) is 2. The molecular formula is C16H22N2O2. The Morgan fingerprint density at radius 1 is 1.35 bits per heavy atom. The number of anilines is 1. The van der Waals surface area contributed by atoms with Crippen molar-refractivity contribution in [2.24, 2.45) is 5.92 Å². The second kappa shape index (κ2) is 6.55. The van der Waals surface area contributed by atoms with Crippen molar-refractivity contribution in [3.05, 3.63) is 29.8 Å². The van der Waals surface area contributed by atoms with Crippen molar-refractivity contribution in [3.8, 4) is 0 Å². The average Bonchev–Trinajstić information content (AvgIpc) is 3.22. The highest BCUT2D eigenvalue weighted by Crippen LogP contribution is 2.34. The summed E-state index contributed by atoms with van der Waals surface area (Å²) < 4.78 is 0. The number of amides is 2. The van der Waals surface area contributed by atoms with Crippen LogP contribution in [0.1, 0.15) is 49.9 Å². The number of rotatable bonds is 6. The summed E-state index contributed by atoms with van der Waals surface area (Å²) >= 11 is 0. The summed E-state index contributed by atoms with van der Waals surface area (Å²) in [4.78, 5) is 23.3. The number of Topliss-reactive ketones (excluding diaryl/α,β-unsaturated/α-hetero) is 1. The molecule has 0 saturated heterocycles. The Morgan fingerprint density at radius 3 is 2.70 bits per heavy atom. The Balaban J connectivity index is 1.89. The first-order chi connectivity index (χ1) is 9.58. The van der Waals surface area contributed by atoms with Gasteiger partial charge in [-0.15, -0.1) is 0 Å². The van der Waals surface area contributed by atoms with Gasteiger partial charge in [0.2, 0.25) is 0 Å². The molecule has 2 N–H and O–H groups in total. The molecule has 20 heavy (non-hydrogen) atoms. The summed E-state index contributed by atoms with van der Waals surface area (Å²) in [6.07, 6.45) is 4.59. The Bertz CT molecular complexity index is 495. The molecular weight excluding hydrogens is 252 g/mol. The van der Waals surface area contributed by atoms with Crippen LogP contribution in [0.25, 0.3) is 0 Å². The molecule has 1 aromatic carbocycles. The summed E-state index contributed by atoms with van der Waals surface area (Å²) in [5.74, 6) is 0.788. The SMILES string of the molecule is CCC(CC1CC1)NC(=O)Nc1cccc(C(C)=O)c1. The lowest BCUT2D eigenvalue weighted by atomic mass is 10.1. The van der Waals surface area contributed by atoms with E-state index >= 15 is 0 Å². The fourth-order valence-electron chi connectivity index (χ4n) is 2.25. The molecule has 1 fully saturated rings. The molecule has 1 aliphatic carbocycles. The van der Waals surface area contributed by atoms with Gasteiger partial charge in [-0.05, 0) is 37.8 Å². The number of ketones is 1. The van der Waals surface area contributed by atoms with Gasteiger partial charge < -0.3 is 10.6 Å². The fourth-order valence-corrected chi connectivity index (χ4v) is 2.25. The van der Waals surface area contributed by atoms with E-state index in [9.17, 15) is 9.59 Å². The zero-order valence-electron chi connectivity index (χ0n) is 12.1. The Labute approximate surface area is 119 Å². The normalized spacial score (nSPS) is 15.5. The maximum Gasteiger partial charge on any atom is 0.319 e. The summed E-state index contributed by atoms with van der Waals surface area (Å²) in [6.45, 7) is 3.60. The van der Waals surface area contributed by atoms with Crippen molar-refractivity contribution in [2.45, 2.75) is 45.6 Å². The molecule has 4 heteroatoms. The molecule has 1 unspecified atom stereocenters. The van der Waals surface area contributed by atoms with Gasteiger partial charge in [-0.25, -0.2) is 4.79 Å². The maximum atomic E-state index is 12.0. The van der Waals surface area contributed by atoms with E-state index in [-0.39, 0.29) is 17.9 Å². The van der Waals surface area contributed by atoms with Crippen LogP contribution in [-0.4, -0.2) is 17.9 Å². The van der Waals surface area contributed by atoms with Gasteiger partial charge in [0.15, 0.2) is 5.78 Å². The topological polar surface area (TPSA) is 58.2 Å². The number of carbonyl (C=O) groups is 2. The monoisotopic (exact) mass is 274 g/mol. The first kappa shape index (κ1) is 14.6. The molecule has 1 aromatic rings. The fraction of sp³-hybridized carbons (Fsp3) is 0.500. The van der Waals surface area contributed by atoms with Crippen LogP contribution in [0.4, 0.5) is 10.5 Å². The zero-order valence-corrected chi connectivity index (χ0v) is 12.1. The lowest BCUT2D eigenvalue weighted by molar-refractivity contribution is 0.101. The highest BCUT2D eigenvalue weighted by Gasteiger charge is 2.25. The van der Waals surface area contributed by atoms with E-state index in [0.29, 0.717) is 11.3 Å². The molecule has 1 aliphatic rings. The highest BCUT2D eigenvalue weighted by molar-refractivity contribution is 5.96. The van der Waals surface area contributed by atoms with Crippen LogP contribution >= 0.6 is 0 Å². The van der Waals surface area contributed by atoms with Crippen LogP contribution < -0.4 is 10.6 Å². The van der Waals surface area contributed by atoms with Crippen molar-refractivity contribution in [1.29, 1.82) is 0 Å². The standard InChI is InChI=1S/C16H22N2O2/c1-3-14(9-12-7-8-12)17-16(20)18-15-6-4-5-13(10-15)11(2)19/h4-6,10,12,14H,3,7-9H2,1-2H3,(H2,17,18,20). The second-order valence-corrected chi connectivity index (χ2v) is 5.52. The van der Waals surface area contributed by atoms with Crippen molar-refractivity contribution >= 4 is 17.5 Å². The molecule has 0 aliphatic heterocycles. The van der Waals surface area contributed by atoms with Gasteiger partial charge in [-0.2, -0.15) is 0 Å². The summed E-state index contributed by atoms with van der Waals surface area (Å²) in [7, 11) is 0. The van der Waals surface area contributed by atoms with Crippen LogP contribution in [0.5, 0.6) is 0 Å². The minimum absolute atomic E-state index is 0.00535. The minimum atomic E-state index is -0.196. The number of hydrogen-bond acceptors (Lipinski definition) is 2. The molecule has 108 valence electrons. The van der Waals surface area contributed by atoms with Crippen LogP contribution in [0, 0.1) is 5.92 Å². The molecule has 0 heterocycles. The summed E-state index contributed by atoms with van der Waals surface area (Å²) in [5.41, 5.74) is 1.25. The lowest BCUT2D eigenvalue weighted by Gasteiger charge is -2.17. The van der Waals surface area contributed by atoms with Gasteiger partial charge >= 0.3 is 6.03 Å².